The second kappa shape index (κ2) is 7.47. The molecular weight excluding hydrogens is 334 g/mol. The van der Waals surface area contributed by atoms with Gasteiger partial charge in [-0.15, -0.1) is 11.3 Å². The van der Waals surface area contributed by atoms with Crippen LogP contribution in [0.5, 0.6) is 0 Å². The molecule has 1 aromatic carbocycles. The summed E-state index contributed by atoms with van der Waals surface area (Å²) >= 11 is 7.83. The van der Waals surface area contributed by atoms with Crippen LogP contribution in [-0.4, -0.2) is 41.7 Å². The van der Waals surface area contributed by atoms with Crippen LogP contribution >= 0.6 is 22.9 Å². The number of benzene rings is 1. The Morgan fingerprint density at radius 3 is 2.96 bits per heavy atom. The third-order valence-corrected chi connectivity index (χ3v) is 5.51. The van der Waals surface area contributed by atoms with Gasteiger partial charge in [0.25, 0.3) is 0 Å². The molecule has 1 aliphatic heterocycles. The molecule has 1 N–H and O–H groups in total. The fourth-order valence-electron chi connectivity index (χ4n) is 2.75. The highest BCUT2D eigenvalue weighted by molar-refractivity contribution is 7.19. The zero-order valence-corrected chi connectivity index (χ0v) is 14.6. The van der Waals surface area contributed by atoms with E-state index in [1.165, 1.54) is 0 Å². The number of rotatable bonds is 4. The second-order valence-electron chi connectivity index (χ2n) is 5.54. The number of nitrogens with one attached hydrogen (secondary N) is 1. The molecule has 2 aromatic rings. The van der Waals surface area contributed by atoms with E-state index in [0.717, 1.165) is 52.7 Å². The number of likely N-dealkylation sites (tertiary alicyclic amines) is 1. The van der Waals surface area contributed by atoms with E-state index in [0.29, 0.717) is 12.6 Å². The first-order chi connectivity index (χ1) is 11.2. The molecule has 1 fully saturated rings. The Morgan fingerprint density at radius 2 is 2.26 bits per heavy atom. The van der Waals surface area contributed by atoms with Gasteiger partial charge in [-0.2, -0.15) is 0 Å². The van der Waals surface area contributed by atoms with Crippen LogP contribution in [0.4, 0.5) is 4.79 Å². The molecule has 124 valence electrons. The molecule has 3 rings (SSSR count). The number of carbonyl (C=O) groups excluding carboxylic acids is 1. The number of nitrogens with zero attached hydrogens (tertiary/aromatic N) is 2. The van der Waals surface area contributed by atoms with E-state index >= 15 is 0 Å². The van der Waals surface area contributed by atoms with Gasteiger partial charge < -0.3 is 15.0 Å². The number of fused-ring (bicyclic) bond motifs is 1. The number of amides is 1. The van der Waals surface area contributed by atoms with Crippen LogP contribution in [0.15, 0.2) is 18.2 Å². The molecular formula is C16H20ClN3O2S. The first kappa shape index (κ1) is 16.5. The van der Waals surface area contributed by atoms with Crippen molar-refractivity contribution in [3.8, 4) is 0 Å². The molecule has 1 saturated heterocycles. The normalized spacial score (nSPS) is 16.0. The third kappa shape index (κ3) is 3.94. The highest BCUT2D eigenvalue weighted by atomic mass is 35.5. The first-order valence-corrected chi connectivity index (χ1v) is 9.06. The summed E-state index contributed by atoms with van der Waals surface area (Å²) < 4.78 is 6.08. The number of piperidine rings is 1. The molecule has 1 aromatic heterocycles. The second-order valence-corrected chi connectivity index (χ2v) is 7.03. The van der Waals surface area contributed by atoms with Crippen LogP contribution in [0.2, 0.25) is 5.02 Å². The van der Waals surface area contributed by atoms with E-state index in [-0.39, 0.29) is 6.09 Å². The number of halogens is 1. The number of hydrogen-bond donors (Lipinski definition) is 1. The molecule has 0 radical (unpaired) electrons. The van der Waals surface area contributed by atoms with E-state index in [1.807, 2.05) is 25.1 Å². The first-order valence-electron chi connectivity index (χ1n) is 7.86. The Kier molecular flexibility index (Phi) is 5.35. The summed E-state index contributed by atoms with van der Waals surface area (Å²) in [6.45, 7) is 4.47. The molecule has 0 bridgehead atoms. The summed E-state index contributed by atoms with van der Waals surface area (Å²) in [5, 5.41) is 5.34. The molecule has 5 nitrogen and oxygen atoms in total. The molecule has 0 spiro atoms. The lowest BCUT2D eigenvalue weighted by Gasteiger charge is -2.31. The van der Waals surface area contributed by atoms with Gasteiger partial charge >= 0.3 is 6.09 Å². The van der Waals surface area contributed by atoms with Crippen molar-refractivity contribution >= 4 is 39.2 Å². The zero-order chi connectivity index (χ0) is 16.2. The van der Waals surface area contributed by atoms with Gasteiger partial charge in [-0.1, -0.05) is 17.7 Å². The Morgan fingerprint density at radius 1 is 1.48 bits per heavy atom. The maximum Gasteiger partial charge on any atom is 0.409 e. The Bertz CT molecular complexity index is 683. The minimum absolute atomic E-state index is 0.202. The standard InChI is InChI=1S/C16H20ClN3O2S/c1-2-22-16(21)20-8-6-11(7-9-20)18-10-14-19-13-5-3-4-12(17)15(13)23-14/h3-5,11,18H,2,6-10H2,1H3. The SMILES string of the molecule is CCOC(=O)N1CCC(NCc2nc3cccc(Cl)c3s2)CC1. The van der Waals surface area contributed by atoms with E-state index in [2.05, 4.69) is 10.3 Å². The average molecular weight is 354 g/mol. The smallest absolute Gasteiger partial charge is 0.409 e. The van der Waals surface area contributed by atoms with Crippen LogP contribution in [0, 0.1) is 0 Å². The van der Waals surface area contributed by atoms with E-state index in [9.17, 15) is 4.79 Å². The summed E-state index contributed by atoms with van der Waals surface area (Å²) in [5.74, 6) is 0. The molecule has 1 aliphatic rings. The maximum absolute atomic E-state index is 11.7. The van der Waals surface area contributed by atoms with E-state index in [4.69, 9.17) is 16.3 Å². The van der Waals surface area contributed by atoms with Crippen LogP contribution in [0.3, 0.4) is 0 Å². The predicted molar refractivity (Wildman–Crippen MR) is 93.1 cm³/mol. The van der Waals surface area contributed by atoms with Gasteiger partial charge in [0.1, 0.15) is 5.01 Å². The molecule has 0 unspecified atom stereocenters. The van der Waals surface area contributed by atoms with Crippen molar-refractivity contribution in [1.29, 1.82) is 0 Å². The van der Waals surface area contributed by atoms with Gasteiger partial charge in [-0.25, -0.2) is 9.78 Å². The van der Waals surface area contributed by atoms with E-state index in [1.54, 1.807) is 16.2 Å². The fourth-order valence-corrected chi connectivity index (χ4v) is 3.95. The van der Waals surface area contributed by atoms with Crippen molar-refractivity contribution in [2.45, 2.75) is 32.4 Å². The van der Waals surface area contributed by atoms with Gasteiger partial charge in [0.15, 0.2) is 0 Å². The fraction of sp³-hybridized carbons (Fsp3) is 0.500. The van der Waals surface area contributed by atoms with Crippen molar-refractivity contribution in [3.63, 3.8) is 0 Å². The van der Waals surface area contributed by atoms with Crippen LogP contribution in [-0.2, 0) is 11.3 Å². The van der Waals surface area contributed by atoms with Crippen molar-refractivity contribution in [3.05, 3.63) is 28.2 Å². The molecule has 23 heavy (non-hydrogen) atoms. The molecule has 0 saturated carbocycles. The molecule has 1 amide bonds. The van der Waals surface area contributed by atoms with Gasteiger partial charge in [-0.05, 0) is 31.9 Å². The quantitative estimate of drug-likeness (QED) is 0.911. The monoisotopic (exact) mass is 353 g/mol. The Balaban J connectivity index is 1.51. The number of hydrogen-bond acceptors (Lipinski definition) is 5. The van der Waals surface area contributed by atoms with Gasteiger partial charge in [0.2, 0.25) is 0 Å². The topological polar surface area (TPSA) is 54.5 Å². The van der Waals surface area contributed by atoms with Crippen molar-refractivity contribution in [1.82, 2.24) is 15.2 Å². The number of aromatic nitrogens is 1. The van der Waals surface area contributed by atoms with Gasteiger partial charge in [-0.3, -0.25) is 0 Å². The molecule has 2 heterocycles. The minimum atomic E-state index is -0.202. The lowest BCUT2D eigenvalue weighted by molar-refractivity contribution is 0.0950. The van der Waals surface area contributed by atoms with Crippen LogP contribution < -0.4 is 5.32 Å². The van der Waals surface area contributed by atoms with Gasteiger partial charge in [0.05, 0.1) is 21.8 Å². The largest absolute Gasteiger partial charge is 0.450 e. The Labute approximate surface area is 144 Å². The Hall–Kier alpha value is -1.37. The number of thiazole rings is 1. The number of carbonyl (C=O) groups is 1. The van der Waals surface area contributed by atoms with Crippen molar-refractivity contribution < 1.29 is 9.53 Å². The van der Waals surface area contributed by atoms with Crippen LogP contribution in [0.1, 0.15) is 24.8 Å². The maximum atomic E-state index is 11.7. The predicted octanol–water partition coefficient (Wildman–Crippen LogP) is 3.66. The zero-order valence-electron chi connectivity index (χ0n) is 13.0. The number of ether oxygens (including phenoxy) is 1. The van der Waals surface area contributed by atoms with Gasteiger partial charge in [0, 0.05) is 25.7 Å². The lowest BCUT2D eigenvalue weighted by atomic mass is 10.1. The minimum Gasteiger partial charge on any atom is -0.450 e. The highest BCUT2D eigenvalue weighted by Gasteiger charge is 2.23. The molecule has 0 aliphatic carbocycles. The summed E-state index contributed by atoms with van der Waals surface area (Å²) in [4.78, 5) is 18.1. The average Bonchev–Trinajstić information content (AvgIpc) is 2.98. The van der Waals surface area contributed by atoms with E-state index < -0.39 is 0 Å². The van der Waals surface area contributed by atoms with Crippen LogP contribution in [0.25, 0.3) is 10.2 Å². The lowest BCUT2D eigenvalue weighted by Crippen LogP contribution is -2.44. The highest BCUT2D eigenvalue weighted by Crippen LogP contribution is 2.29. The summed E-state index contributed by atoms with van der Waals surface area (Å²) in [7, 11) is 0. The molecule has 7 heteroatoms. The van der Waals surface area contributed by atoms with Crippen molar-refractivity contribution in [2.24, 2.45) is 0 Å². The molecule has 0 atom stereocenters. The third-order valence-electron chi connectivity index (χ3n) is 3.97. The summed E-state index contributed by atoms with van der Waals surface area (Å²) in [6.07, 6.45) is 1.67. The summed E-state index contributed by atoms with van der Waals surface area (Å²) in [6, 6.07) is 6.21. The summed E-state index contributed by atoms with van der Waals surface area (Å²) in [5.41, 5.74) is 0.955. The van der Waals surface area contributed by atoms with Crippen molar-refractivity contribution in [2.75, 3.05) is 19.7 Å².